The van der Waals surface area contributed by atoms with E-state index in [2.05, 4.69) is 23.6 Å². The molecule has 1 saturated carbocycles. The van der Waals surface area contributed by atoms with Crippen LogP contribution in [0.25, 0.3) is 0 Å². The first-order chi connectivity index (χ1) is 39.5. The summed E-state index contributed by atoms with van der Waals surface area (Å²) >= 11 is 0. The monoisotopic (exact) mass is 1170 g/mol. The Bertz CT molecular complexity index is 2240. The molecule has 0 radical (unpaired) electrons. The summed E-state index contributed by atoms with van der Waals surface area (Å²) in [6.45, 7) is 25.2. The van der Waals surface area contributed by atoms with Crippen molar-refractivity contribution in [2.45, 2.75) is 221 Å². The van der Waals surface area contributed by atoms with Gasteiger partial charge in [0.05, 0.1) is 31.2 Å². The number of ketones is 3. The lowest BCUT2D eigenvalue weighted by Gasteiger charge is -2.42. The van der Waals surface area contributed by atoms with Crippen molar-refractivity contribution in [2.75, 3.05) is 67.1 Å². The van der Waals surface area contributed by atoms with Gasteiger partial charge in [-0.05, 0) is 133 Å². The molecular weight excluding hydrogens is 1060 g/mol. The number of hydrogen-bond acceptors (Lipinski definition) is 17. The Balaban J connectivity index is 1.76. The van der Waals surface area contributed by atoms with Gasteiger partial charge >= 0.3 is 17.9 Å². The minimum absolute atomic E-state index is 0.0357. The number of rotatable bonds is 18. The van der Waals surface area contributed by atoms with Crippen LogP contribution in [0, 0.1) is 35.5 Å². The number of Topliss-reactive ketones (excluding diaryl/α,β-unsaturated/α-hetero) is 3. The summed E-state index contributed by atoms with van der Waals surface area (Å²) < 4.78 is 42.6. The van der Waals surface area contributed by atoms with Crippen LogP contribution in [0.1, 0.15) is 166 Å². The highest BCUT2D eigenvalue weighted by molar-refractivity contribution is 6.39. The molecule has 0 aromatic carbocycles. The van der Waals surface area contributed by atoms with Crippen molar-refractivity contribution in [3.63, 3.8) is 0 Å². The molecule has 0 aromatic rings. The first-order valence-electron chi connectivity index (χ1n) is 31.1. The third kappa shape index (κ3) is 20.9. The van der Waals surface area contributed by atoms with Crippen LogP contribution in [0.4, 0.5) is 0 Å². The number of hydrogen-bond donors (Lipinski definition) is 1. The molecule has 1 amide bonds. The highest BCUT2D eigenvalue weighted by atomic mass is 16.6. The molecule has 0 spiro atoms. The lowest BCUT2D eigenvalue weighted by atomic mass is 9.78. The molecule has 15 atom stereocenters. The Morgan fingerprint density at radius 2 is 1.40 bits per heavy atom. The zero-order valence-electron chi connectivity index (χ0n) is 52.9. The Kier molecular flexibility index (Phi) is 30.2. The zero-order valence-corrected chi connectivity index (χ0v) is 52.9. The molecule has 0 unspecified atom stereocenters. The molecule has 4 aliphatic rings. The van der Waals surface area contributed by atoms with Crippen LogP contribution in [0.2, 0.25) is 0 Å². The number of carbonyl (C=O) groups excluding carboxylic acids is 7. The van der Waals surface area contributed by atoms with Gasteiger partial charge in [-0.1, -0.05) is 98.8 Å². The van der Waals surface area contributed by atoms with E-state index in [4.69, 9.17) is 33.2 Å². The van der Waals surface area contributed by atoms with E-state index in [0.29, 0.717) is 82.9 Å². The normalized spacial score (nSPS) is 33.2. The number of aliphatic hydroxyl groups is 1. The maximum Gasteiger partial charge on any atom is 0.329 e. The lowest BCUT2D eigenvalue weighted by molar-refractivity contribution is -0.265. The summed E-state index contributed by atoms with van der Waals surface area (Å²) in [6.07, 6.45) is 11.4. The van der Waals surface area contributed by atoms with Crippen LogP contribution in [-0.2, 0) is 66.7 Å². The summed E-state index contributed by atoms with van der Waals surface area (Å²) in [7, 11) is 4.59. The van der Waals surface area contributed by atoms with Gasteiger partial charge in [0.1, 0.15) is 24.0 Å². The average Bonchev–Trinajstić information content (AvgIpc) is 3.51. The number of fused-ring (bicyclic) bond motifs is 3. The van der Waals surface area contributed by atoms with Crippen molar-refractivity contribution in [3.05, 3.63) is 47.6 Å². The standard InChI is InChI=1S/C65H105N3O15/c1-15-66(16-2)34-31-57(70)80-53-30-28-49(39-56(53)78-13)38-45(8)55-41-52(69)44(7)37-47(10)60(82-58(71)32-35-67(17-3)18-4)61(79-14)59(72)46(9)36-42(5)24-20-19-21-25-43(6)54(77-12)40-50-29-27-48(11)65(76,83-50)62(73)63(74)68-33-23-22-26-51(68)64(75)81-55/h19-21,24-25,37,42,44-46,48-51,53-56,60-61,76H,15-18,22-23,26-36,38-41H2,1-14H3/b21-19?,24-20+,43-25?,47-37-/t42-,44+,45+,46-,48-,49+,50+,51+,53-,54+,55+,56+,60-,61-,65-/m0/s1. The first-order valence-corrected chi connectivity index (χ1v) is 31.1. The third-order valence-electron chi connectivity index (χ3n) is 18.0. The summed E-state index contributed by atoms with van der Waals surface area (Å²) in [5.41, 5.74) is 1.31. The van der Waals surface area contributed by atoms with Gasteiger partial charge in [-0.25, -0.2) is 4.79 Å². The molecule has 3 heterocycles. The number of methoxy groups -OCH3 is 3. The Morgan fingerprint density at radius 3 is 2.01 bits per heavy atom. The fourth-order valence-corrected chi connectivity index (χ4v) is 12.4. The molecule has 1 aliphatic carbocycles. The van der Waals surface area contributed by atoms with Gasteiger partial charge in [-0.15, -0.1) is 0 Å². The number of amides is 1. The highest BCUT2D eigenvalue weighted by Gasteiger charge is 2.53. The van der Waals surface area contributed by atoms with Crippen molar-refractivity contribution >= 4 is 41.2 Å². The second-order valence-corrected chi connectivity index (χ2v) is 24.1. The van der Waals surface area contributed by atoms with Crippen molar-refractivity contribution < 1.29 is 71.8 Å². The number of cyclic esters (lactones) is 1. The average molecular weight is 1170 g/mol. The maximum absolute atomic E-state index is 14.8. The molecule has 1 N–H and O–H groups in total. The fraction of sp³-hybridized carbons (Fsp3) is 0.769. The van der Waals surface area contributed by atoms with E-state index in [0.717, 1.165) is 31.8 Å². The molecule has 470 valence electrons. The van der Waals surface area contributed by atoms with E-state index >= 15 is 0 Å². The van der Waals surface area contributed by atoms with Crippen molar-refractivity contribution in [1.29, 1.82) is 0 Å². The highest BCUT2D eigenvalue weighted by Crippen LogP contribution is 2.38. The Labute approximate surface area is 496 Å². The fourth-order valence-electron chi connectivity index (χ4n) is 12.4. The van der Waals surface area contributed by atoms with Crippen molar-refractivity contribution in [2.24, 2.45) is 35.5 Å². The van der Waals surface area contributed by atoms with E-state index in [1.54, 1.807) is 41.1 Å². The molecule has 3 fully saturated rings. The molecule has 3 aliphatic heterocycles. The number of allylic oxidation sites excluding steroid dienone is 6. The van der Waals surface area contributed by atoms with E-state index in [-0.39, 0.29) is 67.7 Å². The number of piperidine rings is 1. The smallest absolute Gasteiger partial charge is 0.329 e. The van der Waals surface area contributed by atoms with Gasteiger partial charge in [0.15, 0.2) is 18.0 Å². The van der Waals surface area contributed by atoms with Crippen LogP contribution >= 0.6 is 0 Å². The van der Waals surface area contributed by atoms with Crippen LogP contribution in [0.15, 0.2) is 47.6 Å². The topological polar surface area (TPSA) is 214 Å². The van der Waals surface area contributed by atoms with Crippen LogP contribution in [0.5, 0.6) is 0 Å². The molecule has 2 bridgehead atoms. The molecule has 4 rings (SSSR count). The van der Waals surface area contributed by atoms with E-state index < -0.39 is 95.8 Å². The van der Waals surface area contributed by atoms with Gasteiger partial charge in [0.2, 0.25) is 5.79 Å². The lowest BCUT2D eigenvalue weighted by Crippen LogP contribution is -2.61. The van der Waals surface area contributed by atoms with Crippen LogP contribution in [0.3, 0.4) is 0 Å². The van der Waals surface area contributed by atoms with E-state index in [9.17, 15) is 38.7 Å². The molecular formula is C65H105N3O15. The van der Waals surface area contributed by atoms with Crippen molar-refractivity contribution in [3.8, 4) is 0 Å². The van der Waals surface area contributed by atoms with Gasteiger partial charge in [0.25, 0.3) is 11.7 Å². The number of esters is 3. The molecule has 18 heteroatoms. The summed E-state index contributed by atoms with van der Waals surface area (Å²) in [6, 6.07) is -1.19. The minimum atomic E-state index is -2.47. The molecule has 2 saturated heterocycles. The predicted octanol–water partition coefficient (Wildman–Crippen LogP) is 8.75. The Morgan fingerprint density at radius 1 is 0.747 bits per heavy atom. The van der Waals surface area contributed by atoms with Gasteiger partial charge in [0, 0.05) is 71.6 Å². The first kappa shape index (κ1) is 71.1. The van der Waals surface area contributed by atoms with Crippen LogP contribution < -0.4 is 0 Å². The van der Waals surface area contributed by atoms with Gasteiger partial charge in [-0.3, -0.25) is 28.8 Å². The summed E-state index contributed by atoms with van der Waals surface area (Å²) in [5, 5.41) is 12.1. The maximum atomic E-state index is 14.8. The van der Waals surface area contributed by atoms with Crippen LogP contribution in [-0.4, -0.2) is 183 Å². The van der Waals surface area contributed by atoms with E-state index in [1.165, 1.54) is 12.0 Å². The Hall–Kier alpha value is -4.43. The molecule has 18 nitrogen and oxygen atoms in total. The number of carbonyl (C=O) groups is 7. The van der Waals surface area contributed by atoms with E-state index in [1.807, 2.05) is 71.9 Å². The SMILES string of the molecule is CCN(CC)CCC(=O)O[C@H]1CC[C@H](C[C@@H](C)[C@H]2CC(=O)[C@H](C)/C=C(/C)[C@H](OC(=O)CCN(CC)CC)[C@@H](OC)C(=O)[C@@H](C)C[C@@H](C)/C=C/C=CC=C(C)[C@H](OC)C[C@H]3CC[C@H](C)[C@](O)(O3)C(=O)C(=O)N3CCCC[C@@H]3C(=O)O2)C[C@H]1OC. The summed E-state index contributed by atoms with van der Waals surface area (Å²) in [5.74, 6) is -9.27. The van der Waals surface area contributed by atoms with Gasteiger partial charge in [-0.2, -0.15) is 0 Å². The summed E-state index contributed by atoms with van der Waals surface area (Å²) in [4.78, 5) is 105. The minimum Gasteiger partial charge on any atom is -0.460 e. The number of nitrogens with zero attached hydrogens (tertiary/aromatic N) is 3. The second-order valence-electron chi connectivity index (χ2n) is 24.1. The zero-order chi connectivity index (χ0) is 61.6. The molecule has 83 heavy (non-hydrogen) atoms. The number of ether oxygens (including phenoxy) is 7. The predicted molar refractivity (Wildman–Crippen MR) is 318 cm³/mol. The third-order valence-corrected chi connectivity index (χ3v) is 18.0. The molecule has 0 aromatic heterocycles. The van der Waals surface area contributed by atoms with Gasteiger partial charge < -0.3 is 53.0 Å². The van der Waals surface area contributed by atoms with Crippen molar-refractivity contribution in [1.82, 2.24) is 14.7 Å². The quantitative estimate of drug-likeness (QED) is 0.0588. The largest absolute Gasteiger partial charge is 0.460 e. The second kappa shape index (κ2) is 35.3.